The molecular weight excluding hydrogens is 266 g/mol. The van der Waals surface area contributed by atoms with E-state index < -0.39 is 11.4 Å². The lowest BCUT2D eigenvalue weighted by atomic mass is 9.76. The van der Waals surface area contributed by atoms with Crippen LogP contribution in [0.2, 0.25) is 0 Å². The van der Waals surface area contributed by atoms with E-state index in [2.05, 4.69) is 11.1 Å². The van der Waals surface area contributed by atoms with E-state index in [1.165, 1.54) is 0 Å². The highest BCUT2D eigenvalue weighted by atomic mass is 16.4. The molecule has 1 atom stereocenters. The smallest absolute Gasteiger partial charge is 0.311 e. The number of nitrogens with zero attached hydrogens (tertiary/aromatic N) is 3. The van der Waals surface area contributed by atoms with E-state index in [1.807, 2.05) is 18.7 Å². The summed E-state index contributed by atoms with van der Waals surface area (Å²) in [4.78, 5) is 18.2. The van der Waals surface area contributed by atoms with Crippen LogP contribution in [0.25, 0.3) is 0 Å². The molecule has 0 spiro atoms. The molecule has 5 heteroatoms. The largest absolute Gasteiger partial charge is 0.481 e. The van der Waals surface area contributed by atoms with Gasteiger partial charge in [0.1, 0.15) is 5.82 Å². The minimum Gasteiger partial charge on any atom is -0.481 e. The van der Waals surface area contributed by atoms with Gasteiger partial charge < -0.3 is 10.0 Å². The average molecular weight is 287 g/mol. The maximum atomic E-state index is 11.7. The zero-order valence-electron chi connectivity index (χ0n) is 12.6. The summed E-state index contributed by atoms with van der Waals surface area (Å²) in [6.07, 6.45) is 3.08. The van der Waals surface area contributed by atoms with Crippen molar-refractivity contribution in [1.82, 2.24) is 4.98 Å². The molecule has 1 aromatic heterocycles. The van der Waals surface area contributed by atoms with E-state index in [-0.39, 0.29) is 0 Å². The van der Waals surface area contributed by atoms with E-state index in [9.17, 15) is 9.90 Å². The minimum absolute atomic E-state index is 0.470. The molecule has 1 aromatic rings. The third kappa shape index (κ3) is 3.15. The second-order valence-corrected chi connectivity index (χ2v) is 5.83. The van der Waals surface area contributed by atoms with Crippen molar-refractivity contribution in [2.24, 2.45) is 5.41 Å². The Hall–Kier alpha value is -2.09. The van der Waals surface area contributed by atoms with Gasteiger partial charge >= 0.3 is 5.97 Å². The van der Waals surface area contributed by atoms with Crippen LogP contribution in [0.15, 0.2) is 12.1 Å². The van der Waals surface area contributed by atoms with Crippen molar-refractivity contribution in [2.45, 2.75) is 39.5 Å². The molecule has 2 heterocycles. The number of anilines is 1. The van der Waals surface area contributed by atoms with Crippen LogP contribution in [0.4, 0.5) is 5.82 Å². The van der Waals surface area contributed by atoms with Gasteiger partial charge in [-0.15, -0.1) is 0 Å². The lowest BCUT2D eigenvalue weighted by molar-refractivity contribution is -0.150. The number of carboxylic acid groups (broad SMARTS) is 1. The summed E-state index contributed by atoms with van der Waals surface area (Å²) in [7, 11) is 0. The maximum absolute atomic E-state index is 11.7. The fourth-order valence-corrected chi connectivity index (χ4v) is 3.17. The number of pyridine rings is 1. The molecule has 21 heavy (non-hydrogen) atoms. The summed E-state index contributed by atoms with van der Waals surface area (Å²) in [5, 5.41) is 18.7. The number of carbonyl (C=O) groups is 1. The van der Waals surface area contributed by atoms with Gasteiger partial charge in [0.25, 0.3) is 0 Å². The molecule has 1 N–H and O–H groups in total. The minimum atomic E-state index is -0.720. The Morgan fingerprint density at radius 3 is 2.95 bits per heavy atom. The van der Waals surface area contributed by atoms with Gasteiger partial charge in [0.05, 0.1) is 17.0 Å². The number of hydrogen-bond donors (Lipinski definition) is 1. The Balaban J connectivity index is 2.31. The van der Waals surface area contributed by atoms with Crippen LogP contribution in [0, 0.1) is 23.7 Å². The van der Waals surface area contributed by atoms with Crippen LogP contribution in [-0.2, 0) is 4.79 Å². The Kier molecular flexibility index (Phi) is 4.46. The van der Waals surface area contributed by atoms with Crippen LogP contribution < -0.4 is 4.90 Å². The number of hydrogen-bond acceptors (Lipinski definition) is 4. The van der Waals surface area contributed by atoms with Gasteiger partial charge in [-0.25, -0.2) is 4.98 Å². The van der Waals surface area contributed by atoms with Crippen molar-refractivity contribution in [3.63, 3.8) is 0 Å². The molecule has 1 saturated heterocycles. The summed E-state index contributed by atoms with van der Waals surface area (Å²) in [6.45, 7) is 5.13. The van der Waals surface area contributed by atoms with Crippen LogP contribution in [0.1, 0.15) is 43.9 Å². The first kappa shape index (κ1) is 15.3. The van der Waals surface area contributed by atoms with Crippen molar-refractivity contribution in [3.8, 4) is 6.07 Å². The van der Waals surface area contributed by atoms with Crippen molar-refractivity contribution in [1.29, 1.82) is 5.26 Å². The highest BCUT2D eigenvalue weighted by molar-refractivity contribution is 5.76. The van der Waals surface area contributed by atoms with Gasteiger partial charge in [-0.05, 0) is 38.3 Å². The van der Waals surface area contributed by atoms with Gasteiger partial charge in [-0.1, -0.05) is 13.3 Å². The number of aryl methyl sites for hydroxylation is 1. The molecule has 0 amide bonds. The number of aromatic nitrogens is 1. The van der Waals surface area contributed by atoms with Crippen LogP contribution in [0.3, 0.4) is 0 Å². The standard InChI is InChI=1S/C16H21N3O2/c1-3-5-16(15(20)21)6-4-7-19(11-16)14-9-13(10-17)8-12(2)18-14/h8-9H,3-7,11H2,1-2H3,(H,20,21). The Morgan fingerprint density at radius 1 is 1.57 bits per heavy atom. The number of carboxylic acids is 1. The van der Waals surface area contributed by atoms with Crippen molar-refractivity contribution in [2.75, 3.05) is 18.0 Å². The number of nitriles is 1. The molecule has 1 aliphatic heterocycles. The SMILES string of the molecule is CCCC1(C(=O)O)CCCN(c2cc(C#N)cc(C)n2)C1. The monoisotopic (exact) mass is 287 g/mol. The second kappa shape index (κ2) is 6.13. The zero-order chi connectivity index (χ0) is 15.5. The Morgan fingerprint density at radius 2 is 2.33 bits per heavy atom. The fourth-order valence-electron chi connectivity index (χ4n) is 3.17. The van der Waals surface area contributed by atoms with E-state index in [0.717, 1.165) is 25.1 Å². The van der Waals surface area contributed by atoms with Gasteiger partial charge in [0.2, 0.25) is 0 Å². The van der Waals surface area contributed by atoms with Gasteiger partial charge in [0, 0.05) is 18.8 Å². The van der Waals surface area contributed by atoms with E-state index in [1.54, 1.807) is 12.1 Å². The molecule has 0 bridgehead atoms. The summed E-state index contributed by atoms with van der Waals surface area (Å²) in [6, 6.07) is 5.62. The number of piperidine rings is 1. The lowest BCUT2D eigenvalue weighted by Gasteiger charge is -2.40. The summed E-state index contributed by atoms with van der Waals surface area (Å²) in [5.41, 5.74) is 0.663. The summed E-state index contributed by atoms with van der Waals surface area (Å²) < 4.78 is 0. The quantitative estimate of drug-likeness (QED) is 0.921. The van der Waals surface area contributed by atoms with Crippen LogP contribution in [0.5, 0.6) is 0 Å². The van der Waals surface area contributed by atoms with Gasteiger partial charge in [-0.3, -0.25) is 4.79 Å². The normalized spacial score (nSPS) is 21.9. The highest BCUT2D eigenvalue weighted by Crippen LogP contribution is 2.36. The first-order chi connectivity index (χ1) is 10.0. The molecule has 1 fully saturated rings. The van der Waals surface area contributed by atoms with Crippen LogP contribution in [-0.4, -0.2) is 29.1 Å². The second-order valence-electron chi connectivity index (χ2n) is 5.83. The van der Waals surface area contributed by atoms with Gasteiger partial charge in [-0.2, -0.15) is 5.26 Å². The molecular formula is C16H21N3O2. The molecule has 0 saturated carbocycles. The lowest BCUT2D eigenvalue weighted by Crippen LogP contribution is -2.48. The molecule has 1 unspecified atom stereocenters. The third-order valence-electron chi connectivity index (χ3n) is 4.15. The molecule has 0 aliphatic carbocycles. The predicted molar refractivity (Wildman–Crippen MR) is 80.1 cm³/mol. The average Bonchev–Trinajstić information content (AvgIpc) is 2.47. The summed E-state index contributed by atoms with van der Waals surface area (Å²) in [5.74, 6) is -0.00446. The first-order valence-corrected chi connectivity index (χ1v) is 7.38. The Bertz CT molecular complexity index is 575. The molecule has 1 aliphatic rings. The van der Waals surface area contributed by atoms with Crippen molar-refractivity contribution >= 4 is 11.8 Å². The fraction of sp³-hybridized carbons (Fsp3) is 0.562. The van der Waals surface area contributed by atoms with Crippen molar-refractivity contribution < 1.29 is 9.90 Å². The topological polar surface area (TPSA) is 77.2 Å². The number of rotatable bonds is 4. The highest BCUT2D eigenvalue weighted by Gasteiger charge is 2.41. The molecule has 2 rings (SSSR count). The Labute approximate surface area is 125 Å². The van der Waals surface area contributed by atoms with Crippen molar-refractivity contribution in [3.05, 3.63) is 23.4 Å². The third-order valence-corrected chi connectivity index (χ3v) is 4.15. The predicted octanol–water partition coefficient (Wildman–Crippen LogP) is 2.73. The zero-order valence-corrected chi connectivity index (χ0v) is 12.6. The maximum Gasteiger partial charge on any atom is 0.311 e. The van der Waals surface area contributed by atoms with E-state index >= 15 is 0 Å². The van der Waals surface area contributed by atoms with Gasteiger partial charge in [0.15, 0.2) is 0 Å². The molecule has 0 radical (unpaired) electrons. The van der Waals surface area contributed by atoms with E-state index in [4.69, 9.17) is 5.26 Å². The van der Waals surface area contributed by atoms with E-state index in [0.29, 0.717) is 30.8 Å². The van der Waals surface area contributed by atoms with Crippen LogP contribution >= 0.6 is 0 Å². The molecule has 0 aromatic carbocycles. The first-order valence-electron chi connectivity index (χ1n) is 7.38. The summed E-state index contributed by atoms with van der Waals surface area (Å²) >= 11 is 0. The molecule has 5 nitrogen and oxygen atoms in total. The molecule has 112 valence electrons. The number of aliphatic carboxylic acids is 1.